The van der Waals surface area contributed by atoms with Crippen molar-refractivity contribution in [2.24, 2.45) is 0 Å². The summed E-state index contributed by atoms with van der Waals surface area (Å²) in [7, 11) is 3.21. The number of hydrogen-bond acceptors (Lipinski definition) is 4. The van der Waals surface area contributed by atoms with E-state index in [0.29, 0.717) is 22.3 Å². The second kappa shape index (κ2) is 5.02. The minimum absolute atomic E-state index is 0.430. The predicted octanol–water partition coefficient (Wildman–Crippen LogP) is 3.07. The van der Waals surface area contributed by atoms with Crippen LogP contribution in [0.1, 0.15) is 0 Å². The first kappa shape index (κ1) is 12.7. The van der Waals surface area contributed by atoms with Crippen molar-refractivity contribution >= 4 is 17.2 Å². The van der Waals surface area contributed by atoms with E-state index in [9.17, 15) is 0 Å². The third-order valence-corrected chi connectivity index (χ3v) is 3.24. The summed E-state index contributed by atoms with van der Waals surface area (Å²) in [4.78, 5) is 4.30. The monoisotopic (exact) mass is 289 g/mol. The number of halogens is 1. The van der Waals surface area contributed by atoms with Gasteiger partial charge in [0.15, 0.2) is 17.1 Å². The Morgan fingerprint density at radius 3 is 2.65 bits per heavy atom. The zero-order valence-electron chi connectivity index (χ0n) is 11.0. The van der Waals surface area contributed by atoms with Gasteiger partial charge >= 0.3 is 0 Å². The molecular formula is C14H12ClN3O2. The fourth-order valence-corrected chi connectivity index (χ4v) is 2.19. The number of aromatic nitrogens is 3. The van der Waals surface area contributed by atoms with E-state index in [1.54, 1.807) is 37.2 Å². The number of hydrogen-bond donors (Lipinski definition) is 0. The maximum atomic E-state index is 5.94. The normalized spacial score (nSPS) is 10.8. The molecule has 0 unspecified atom stereocenters. The zero-order chi connectivity index (χ0) is 14.1. The Morgan fingerprint density at radius 2 is 1.90 bits per heavy atom. The van der Waals surface area contributed by atoms with E-state index in [1.165, 1.54) is 0 Å². The molecular weight excluding hydrogens is 278 g/mol. The lowest BCUT2D eigenvalue weighted by Crippen LogP contribution is -1.92. The zero-order valence-corrected chi connectivity index (χ0v) is 11.8. The lowest BCUT2D eigenvalue weighted by molar-refractivity contribution is 0.355. The fraction of sp³-hybridized carbons (Fsp3) is 0.143. The third kappa shape index (κ3) is 2.06. The molecule has 3 aromatic rings. The minimum Gasteiger partial charge on any atom is -0.493 e. The number of nitrogens with zero attached hydrogens (tertiary/aromatic N) is 3. The van der Waals surface area contributed by atoms with Crippen LogP contribution in [-0.4, -0.2) is 28.8 Å². The molecule has 1 aromatic carbocycles. The molecule has 0 atom stereocenters. The van der Waals surface area contributed by atoms with Crippen LogP contribution in [0.25, 0.3) is 16.8 Å². The second-order valence-corrected chi connectivity index (χ2v) is 4.53. The fourth-order valence-electron chi connectivity index (χ4n) is 2.05. The highest BCUT2D eigenvalue weighted by Crippen LogP contribution is 2.33. The van der Waals surface area contributed by atoms with Crippen molar-refractivity contribution in [2.75, 3.05) is 14.2 Å². The Hall–Kier alpha value is -2.27. The lowest BCUT2D eigenvalue weighted by atomic mass is 10.1. The highest BCUT2D eigenvalue weighted by molar-refractivity contribution is 6.29. The van der Waals surface area contributed by atoms with E-state index >= 15 is 0 Å². The van der Waals surface area contributed by atoms with Crippen LogP contribution in [0.4, 0.5) is 0 Å². The van der Waals surface area contributed by atoms with Gasteiger partial charge in [-0.15, -0.1) is 0 Å². The molecule has 2 aromatic heterocycles. The minimum atomic E-state index is 0.430. The molecule has 0 aliphatic heterocycles. The number of ether oxygens (including phenoxy) is 2. The van der Waals surface area contributed by atoms with Gasteiger partial charge in [-0.1, -0.05) is 17.7 Å². The Morgan fingerprint density at radius 1 is 1.10 bits per heavy atom. The molecule has 5 nitrogen and oxygen atoms in total. The number of benzene rings is 1. The summed E-state index contributed by atoms with van der Waals surface area (Å²) in [5.41, 5.74) is 2.52. The maximum absolute atomic E-state index is 5.94. The first-order chi connectivity index (χ1) is 9.72. The SMILES string of the molecule is COc1ccc(-c2cnn3ccc(Cl)nc23)cc1OC. The van der Waals surface area contributed by atoms with E-state index < -0.39 is 0 Å². The summed E-state index contributed by atoms with van der Waals surface area (Å²) in [5, 5.41) is 4.69. The van der Waals surface area contributed by atoms with Gasteiger partial charge in [0, 0.05) is 11.8 Å². The molecule has 0 radical (unpaired) electrons. The molecule has 0 spiro atoms. The standard InChI is InChI=1S/C14H12ClN3O2/c1-19-11-4-3-9(7-12(11)20-2)10-8-16-18-6-5-13(15)17-14(10)18/h3-8H,1-2H3. The molecule has 0 fully saturated rings. The molecule has 0 saturated carbocycles. The summed E-state index contributed by atoms with van der Waals surface area (Å²) in [6.45, 7) is 0. The topological polar surface area (TPSA) is 48.7 Å². The summed E-state index contributed by atoms with van der Waals surface area (Å²) >= 11 is 5.94. The Balaban J connectivity index is 2.18. The van der Waals surface area contributed by atoms with Gasteiger partial charge < -0.3 is 9.47 Å². The first-order valence-electron chi connectivity index (χ1n) is 5.95. The van der Waals surface area contributed by atoms with E-state index in [0.717, 1.165) is 11.1 Å². The average Bonchev–Trinajstić information content (AvgIpc) is 2.89. The van der Waals surface area contributed by atoms with Crippen molar-refractivity contribution in [1.29, 1.82) is 0 Å². The van der Waals surface area contributed by atoms with E-state index in [1.807, 2.05) is 18.2 Å². The quantitative estimate of drug-likeness (QED) is 0.695. The van der Waals surface area contributed by atoms with Gasteiger partial charge in [-0.25, -0.2) is 9.50 Å². The van der Waals surface area contributed by atoms with E-state index in [4.69, 9.17) is 21.1 Å². The van der Waals surface area contributed by atoms with Crippen LogP contribution >= 0.6 is 11.6 Å². The molecule has 0 aliphatic rings. The van der Waals surface area contributed by atoms with Crippen LogP contribution in [0.2, 0.25) is 5.15 Å². The molecule has 3 rings (SSSR count). The van der Waals surface area contributed by atoms with Gasteiger partial charge in [0.05, 0.1) is 20.4 Å². The third-order valence-electron chi connectivity index (χ3n) is 3.03. The van der Waals surface area contributed by atoms with E-state index in [2.05, 4.69) is 10.1 Å². The molecule has 0 saturated heterocycles. The van der Waals surface area contributed by atoms with E-state index in [-0.39, 0.29) is 0 Å². The predicted molar refractivity (Wildman–Crippen MR) is 76.5 cm³/mol. The van der Waals surface area contributed by atoms with Gasteiger partial charge in [-0.3, -0.25) is 0 Å². The molecule has 2 heterocycles. The van der Waals surface area contributed by atoms with Crippen molar-refractivity contribution in [3.05, 3.63) is 41.8 Å². The van der Waals surface area contributed by atoms with Crippen molar-refractivity contribution < 1.29 is 9.47 Å². The van der Waals surface area contributed by atoms with Crippen LogP contribution in [0.15, 0.2) is 36.7 Å². The Bertz CT molecular complexity index is 770. The second-order valence-electron chi connectivity index (χ2n) is 4.15. The van der Waals surface area contributed by atoms with Crippen LogP contribution in [0.3, 0.4) is 0 Å². The first-order valence-corrected chi connectivity index (χ1v) is 6.33. The molecule has 0 bridgehead atoms. The van der Waals surface area contributed by atoms with Gasteiger partial charge in [0.2, 0.25) is 0 Å². The average molecular weight is 290 g/mol. The molecule has 0 aliphatic carbocycles. The number of rotatable bonds is 3. The summed E-state index contributed by atoms with van der Waals surface area (Å²) in [6, 6.07) is 7.36. The Labute approximate surface area is 120 Å². The largest absolute Gasteiger partial charge is 0.493 e. The van der Waals surface area contributed by atoms with Crippen LogP contribution in [0, 0.1) is 0 Å². The molecule has 102 valence electrons. The molecule has 0 amide bonds. The highest BCUT2D eigenvalue weighted by Gasteiger charge is 2.11. The number of fused-ring (bicyclic) bond motifs is 1. The van der Waals surface area contributed by atoms with Crippen molar-refractivity contribution in [3.8, 4) is 22.6 Å². The van der Waals surface area contributed by atoms with Crippen LogP contribution < -0.4 is 9.47 Å². The van der Waals surface area contributed by atoms with Crippen LogP contribution in [-0.2, 0) is 0 Å². The lowest BCUT2D eigenvalue weighted by Gasteiger charge is -2.08. The smallest absolute Gasteiger partial charge is 0.164 e. The Kier molecular flexibility index (Phi) is 3.20. The summed E-state index contributed by atoms with van der Waals surface area (Å²) in [6.07, 6.45) is 3.52. The van der Waals surface area contributed by atoms with Gasteiger partial charge in [0.1, 0.15) is 5.15 Å². The van der Waals surface area contributed by atoms with Gasteiger partial charge in [-0.05, 0) is 23.8 Å². The number of methoxy groups -OCH3 is 2. The van der Waals surface area contributed by atoms with Gasteiger partial charge in [0.25, 0.3) is 0 Å². The van der Waals surface area contributed by atoms with Gasteiger partial charge in [-0.2, -0.15) is 5.10 Å². The molecule has 0 N–H and O–H groups in total. The molecule has 6 heteroatoms. The van der Waals surface area contributed by atoms with Crippen molar-refractivity contribution in [3.63, 3.8) is 0 Å². The summed E-state index contributed by atoms with van der Waals surface area (Å²) < 4.78 is 12.2. The molecule has 20 heavy (non-hydrogen) atoms. The van der Waals surface area contributed by atoms with Crippen LogP contribution in [0.5, 0.6) is 11.5 Å². The maximum Gasteiger partial charge on any atom is 0.164 e. The highest BCUT2D eigenvalue weighted by atomic mass is 35.5. The van der Waals surface area contributed by atoms with Crippen molar-refractivity contribution in [2.45, 2.75) is 0 Å². The summed E-state index contributed by atoms with van der Waals surface area (Å²) in [5.74, 6) is 1.34. The van der Waals surface area contributed by atoms with Crippen molar-refractivity contribution in [1.82, 2.24) is 14.6 Å².